The number of nitrogens with zero attached hydrogens (tertiary/aromatic N) is 2. The number of rotatable bonds is 4. The number of carbonyl (C=O) groups excluding carboxylic acids is 1. The Labute approximate surface area is 166 Å². The number of benzene rings is 1. The fourth-order valence-corrected chi connectivity index (χ4v) is 5.07. The maximum Gasteiger partial charge on any atom is 0.262 e. The third-order valence-electron chi connectivity index (χ3n) is 5.03. The average molecular weight is 402 g/mol. The number of carbonyl (C=O) groups is 1. The molecule has 0 radical (unpaired) electrons. The summed E-state index contributed by atoms with van der Waals surface area (Å²) >= 11 is 7.72. The fourth-order valence-electron chi connectivity index (χ4n) is 3.52. The molecule has 1 aromatic carbocycles. The van der Waals surface area contributed by atoms with Crippen molar-refractivity contribution >= 4 is 39.1 Å². The van der Waals surface area contributed by atoms with E-state index in [9.17, 15) is 9.59 Å². The summed E-state index contributed by atoms with van der Waals surface area (Å²) in [5.41, 5.74) is 1.85. The van der Waals surface area contributed by atoms with Crippen LogP contribution in [-0.2, 0) is 30.7 Å². The van der Waals surface area contributed by atoms with Crippen molar-refractivity contribution in [2.75, 3.05) is 0 Å². The Balaban J connectivity index is 1.54. The second-order valence-corrected chi connectivity index (χ2v) is 8.57. The first-order chi connectivity index (χ1) is 13.0. The summed E-state index contributed by atoms with van der Waals surface area (Å²) in [6, 6.07) is 7.36. The van der Waals surface area contributed by atoms with Crippen molar-refractivity contribution in [3.63, 3.8) is 0 Å². The predicted octanol–water partition coefficient (Wildman–Crippen LogP) is 3.55. The quantitative estimate of drug-likeness (QED) is 0.727. The van der Waals surface area contributed by atoms with Crippen LogP contribution in [-0.4, -0.2) is 15.5 Å². The molecule has 2 heterocycles. The van der Waals surface area contributed by atoms with E-state index in [0.29, 0.717) is 22.9 Å². The first-order valence-corrected chi connectivity index (χ1v) is 10.2. The van der Waals surface area contributed by atoms with Gasteiger partial charge in [0.1, 0.15) is 11.4 Å². The molecule has 2 aromatic heterocycles. The maximum atomic E-state index is 12.9. The van der Waals surface area contributed by atoms with E-state index >= 15 is 0 Å². The molecule has 5 nitrogen and oxygen atoms in total. The van der Waals surface area contributed by atoms with Crippen LogP contribution in [0.25, 0.3) is 10.2 Å². The van der Waals surface area contributed by atoms with Crippen LogP contribution in [0.2, 0.25) is 5.02 Å². The molecule has 0 saturated carbocycles. The van der Waals surface area contributed by atoms with Crippen LogP contribution in [0.15, 0.2) is 35.4 Å². The Morgan fingerprint density at radius 2 is 2.22 bits per heavy atom. The van der Waals surface area contributed by atoms with Gasteiger partial charge in [-0.05, 0) is 42.4 Å². The summed E-state index contributed by atoms with van der Waals surface area (Å²) in [5.74, 6) is 0.402. The van der Waals surface area contributed by atoms with E-state index in [4.69, 9.17) is 11.6 Å². The molecule has 0 aliphatic heterocycles. The lowest BCUT2D eigenvalue weighted by atomic mass is 9.89. The highest BCUT2D eigenvalue weighted by Gasteiger charge is 2.23. The highest BCUT2D eigenvalue weighted by molar-refractivity contribution is 7.18. The molecule has 1 atom stereocenters. The number of hydrogen-bond acceptors (Lipinski definition) is 4. The molecular weight excluding hydrogens is 382 g/mol. The Morgan fingerprint density at radius 1 is 1.41 bits per heavy atom. The first-order valence-electron chi connectivity index (χ1n) is 9.02. The van der Waals surface area contributed by atoms with Gasteiger partial charge in [0.25, 0.3) is 5.56 Å². The van der Waals surface area contributed by atoms with Crippen molar-refractivity contribution < 1.29 is 4.79 Å². The van der Waals surface area contributed by atoms with Gasteiger partial charge in [0.2, 0.25) is 5.91 Å². The van der Waals surface area contributed by atoms with Gasteiger partial charge in [-0.3, -0.25) is 14.2 Å². The number of nitrogens with one attached hydrogen (secondary N) is 1. The fraction of sp³-hybridized carbons (Fsp3) is 0.350. The summed E-state index contributed by atoms with van der Waals surface area (Å²) in [7, 11) is 0. The summed E-state index contributed by atoms with van der Waals surface area (Å²) in [6.45, 7) is 2.52. The molecule has 0 unspecified atom stereocenters. The Hall–Kier alpha value is -2.18. The van der Waals surface area contributed by atoms with Crippen LogP contribution < -0.4 is 10.9 Å². The van der Waals surface area contributed by atoms with Crippen molar-refractivity contribution in [3.05, 3.63) is 62.0 Å². The Bertz CT molecular complexity index is 1070. The van der Waals surface area contributed by atoms with Crippen LogP contribution in [0.5, 0.6) is 0 Å². The van der Waals surface area contributed by atoms with E-state index in [1.165, 1.54) is 15.8 Å². The van der Waals surface area contributed by atoms with Gasteiger partial charge in [0.05, 0.1) is 11.7 Å². The van der Waals surface area contributed by atoms with Gasteiger partial charge in [-0.25, -0.2) is 4.98 Å². The minimum absolute atomic E-state index is 0.0484. The number of halogens is 1. The van der Waals surface area contributed by atoms with Gasteiger partial charge in [-0.15, -0.1) is 11.3 Å². The van der Waals surface area contributed by atoms with Gasteiger partial charge in [0.15, 0.2) is 0 Å². The van der Waals surface area contributed by atoms with Gasteiger partial charge in [-0.1, -0.05) is 36.7 Å². The van der Waals surface area contributed by atoms with E-state index in [0.717, 1.165) is 35.2 Å². The molecule has 3 aromatic rings. The number of fused-ring (bicyclic) bond motifs is 3. The molecule has 1 amide bonds. The van der Waals surface area contributed by atoms with Crippen LogP contribution in [0.3, 0.4) is 0 Å². The molecule has 27 heavy (non-hydrogen) atoms. The second-order valence-electron chi connectivity index (χ2n) is 7.08. The monoisotopic (exact) mass is 401 g/mol. The molecule has 0 bridgehead atoms. The van der Waals surface area contributed by atoms with Crippen LogP contribution >= 0.6 is 22.9 Å². The molecule has 1 aliphatic carbocycles. The normalized spacial score (nSPS) is 16.3. The molecule has 1 N–H and O–H groups in total. The molecule has 4 rings (SSSR count). The van der Waals surface area contributed by atoms with Crippen molar-refractivity contribution in [1.82, 2.24) is 14.9 Å². The van der Waals surface area contributed by atoms with E-state index in [2.05, 4.69) is 17.2 Å². The van der Waals surface area contributed by atoms with Crippen molar-refractivity contribution in [2.45, 2.75) is 39.3 Å². The van der Waals surface area contributed by atoms with Gasteiger partial charge < -0.3 is 5.32 Å². The van der Waals surface area contributed by atoms with Gasteiger partial charge in [0, 0.05) is 16.4 Å². The van der Waals surface area contributed by atoms with Crippen molar-refractivity contribution in [2.24, 2.45) is 5.92 Å². The minimum atomic E-state index is -0.240. The van der Waals surface area contributed by atoms with E-state index in [-0.39, 0.29) is 18.0 Å². The SMILES string of the molecule is C[C@H]1CCc2c(sc3ncn(CC(=O)NCc4ccccc4Cl)c(=O)c23)C1. The number of hydrogen-bond donors (Lipinski definition) is 1. The van der Waals surface area contributed by atoms with Gasteiger partial charge >= 0.3 is 0 Å². The number of amides is 1. The number of aryl methyl sites for hydroxylation is 1. The van der Waals surface area contributed by atoms with Crippen LogP contribution in [0, 0.1) is 5.92 Å². The van der Waals surface area contributed by atoms with E-state index in [1.807, 2.05) is 18.2 Å². The summed E-state index contributed by atoms with van der Waals surface area (Å²) in [4.78, 5) is 31.7. The third kappa shape index (κ3) is 3.64. The van der Waals surface area contributed by atoms with Crippen molar-refractivity contribution in [3.8, 4) is 0 Å². The minimum Gasteiger partial charge on any atom is -0.350 e. The van der Waals surface area contributed by atoms with Crippen LogP contribution in [0.1, 0.15) is 29.3 Å². The molecular formula is C20H20ClN3O2S. The average Bonchev–Trinajstić information content (AvgIpc) is 3.01. The van der Waals surface area contributed by atoms with Crippen molar-refractivity contribution in [1.29, 1.82) is 0 Å². The second kappa shape index (κ2) is 7.44. The zero-order valence-corrected chi connectivity index (χ0v) is 16.6. The molecule has 1 aliphatic rings. The molecule has 7 heteroatoms. The summed E-state index contributed by atoms with van der Waals surface area (Å²) in [6.07, 6.45) is 4.49. The van der Waals surface area contributed by atoms with Gasteiger partial charge in [-0.2, -0.15) is 0 Å². The lowest BCUT2D eigenvalue weighted by Crippen LogP contribution is -2.32. The maximum absolute atomic E-state index is 12.9. The third-order valence-corrected chi connectivity index (χ3v) is 6.56. The number of thiophene rings is 1. The number of aromatic nitrogens is 2. The Kier molecular flexibility index (Phi) is 5.02. The predicted molar refractivity (Wildman–Crippen MR) is 108 cm³/mol. The lowest BCUT2D eigenvalue weighted by Gasteiger charge is -2.17. The lowest BCUT2D eigenvalue weighted by molar-refractivity contribution is -0.121. The largest absolute Gasteiger partial charge is 0.350 e. The van der Waals surface area contributed by atoms with E-state index in [1.54, 1.807) is 17.4 Å². The summed E-state index contributed by atoms with van der Waals surface area (Å²) in [5, 5.41) is 4.12. The highest BCUT2D eigenvalue weighted by atomic mass is 35.5. The zero-order valence-electron chi connectivity index (χ0n) is 15.0. The Morgan fingerprint density at radius 3 is 3.04 bits per heavy atom. The zero-order chi connectivity index (χ0) is 19.0. The first kappa shape index (κ1) is 18.2. The van der Waals surface area contributed by atoms with Crippen LogP contribution in [0.4, 0.5) is 0 Å². The highest BCUT2D eigenvalue weighted by Crippen LogP contribution is 2.35. The topological polar surface area (TPSA) is 64.0 Å². The molecule has 0 fully saturated rings. The van der Waals surface area contributed by atoms with E-state index < -0.39 is 0 Å². The summed E-state index contributed by atoms with van der Waals surface area (Å²) < 4.78 is 1.40. The molecule has 0 saturated heterocycles. The standard InChI is InChI=1S/C20H20ClN3O2S/c1-12-6-7-14-16(8-12)27-19-18(14)20(26)24(11-23-19)10-17(25)22-9-13-4-2-3-5-15(13)21/h2-5,11-12H,6-10H2,1H3,(H,22,25)/t12-/m0/s1. The molecule has 140 valence electrons. The smallest absolute Gasteiger partial charge is 0.262 e. The molecule has 0 spiro atoms.